The van der Waals surface area contributed by atoms with Gasteiger partial charge in [0.15, 0.2) is 5.76 Å². The average molecular weight is 302 g/mol. The van der Waals surface area contributed by atoms with Crippen LogP contribution in [-0.4, -0.2) is 18.0 Å². The largest absolute Gasteiger partial charge is 0.461 e. The minimum Gasteiger partial charge on any atom is -0.461 e. The maximum Gasteiger partial charge on any atom is 0.308 e. The van der Waals surface area contributed by atoms with Crippen molar-refractivity contribution in [3.63, 3.8) is 0 Å². The molecule has 2 saturated carbocycles. The zero-order chi connectivity index (χ0) is 16.2. The molecule has 3 atom stereocenters. The van der Waals surface area contributed by atoms with Crippen LogP contribution in [0.5, 0.6) is 0 Å². The fraction of sp³-hybridized carbons (Fsp3) is 0.556. The van der Waals surface area contributed by atoms with Crippen LogP contribution < -0.4 is 0 Å². The van der Waals surface area contributed by atoms with E-state index in [2.05, 4.69) is 18.4 Å². The normalized spacial score (nSPS) is 28.9. The molecule has 2 rings (SSSR count). The third-order valence-corrected chi connectivity index (χ3v) is 4.19. The number of hydrogen-bond donors (Lipinski definition) is 0. The summed E-state index contributed by atoms with van der Waals surface area (Å²) in [5, 5.41) is 0. The number of allylic oxidation sites excluding steroid dienone is 3. The molecule has 0 amide bonds. The third-order valence-electron chi connectivity index (χ3n) is 4.19. The van der Waals surface area contributed by atoms with Crippen molar-refractivity contribution in [3.05, 3.63) is 24.5 Å². The molecule has 4 heteroatoms. The molecule has 3 unspecified atom stereocenters. The maximum absolute atomic E-state index is 11.2. The topological polar surface area (TPSA) is 52.6 Å². The molecule has 0 N–H and O–H groups in total. The summed E-state index contributed by atoms with van der Waals surface area (Å²) in [5.74, 6) is 6.43. The van der Waals surface area contributed by atoms with E-state index in [0.717, 1.165) is 32.1 Å². The number of hydrogen-bond acceptors (Lipinski definition) is 4. The summed E-state index contributed by atoms with van der Waals surface area (Å²) in [6.07, 6.45) is 7.86. The molecule has 4 nitrogen and oxygen atoms in total. The second-order valence-electron chi connectivity index (χ2n) is 5.89. The molecule has 118 valence electrons. The van der Waals surface area contributed by atoms with Crippen LogP contribution in [0.2, 0.25) is 0 Å². The third kappa shape index (κ3) is 3.79. The predicted octanol–water partition coefficient (Wildman–Crippen LogP) is 3.13. The quantitative estimate of drug-likeness (QED) is 0.257. The highest BCUT2D eigenvalue weighted by Gasteiger charge is 2.63. The van der Waals surface area contributed by atoms with E-state index in [0.29, 0.717) is 11.7 Å². The Labute approximate surface area is 131 Å². The van der Waals surface area contributed by atoms with E-state index in [1.807, 2.05) is 0 Å². The molecule has 22 heavy (non-hydrogen) atoms. The van der Waals surface area contributed by atoms with Crippen molar-refractivity contribution < 1.29 is 19.1 Å². The first kappa shape index (κ1) is 16.4. The van der Waals surface area contributed by atoms with E-state index in [9.17, 15) is 9.59 Å². The van der Waals surface area contributed by atoms with Gasteiger partial charge in [-0.3, -0.25) is 9.59 Å². The van der Waals surface area contributed by atoms with Gasteiger partial charge in [-0.25, -0.2) is 0 Å². The van der Waals surface area contributed by atoms with E-state index in [-0.39, 0.29) is 23.5 Å². The molecule has 0 aromatic carbocycles. The Bertz CT molecular complexity index is 563. The van der Waals surface area contributed by atoms with Gasteiger partial charge in [0.25, 0.3) is 0 Å². The van der Waals surface area contributed by atoms with Crippen LogP contribution in [0.15, 0.2) is 24.5 Å². The van der Waals surface area contributed by atoms with Crippen LogP contribution in [-0.2, 0) is 19.1 Å². The summed E-state index contributed by atoms with van der Waals surface area (Å²) in [7, 11) is 0. The van der Waals surface area contributed by atoms with Gasteiger partial charge < -0.3 is 9.47 Å². The lowest BCUT2D eigenvalue weighted by Gasteiger charge is -2.18. The Morgan fingerprint density at radius 2 is 2.05 bits per heavy atom. The number of esters is 2. The molecule has 0 bridgehead atoms. The van der Waals surface area contributed by atoms with Gasteiger partial charge in [-0.2, -0.15) is 0 Å². The Balaban J connectivity index is 2.11. The van der Waals surface area contributed by atoms with Crippen LogP contribution in [0.1, 0.15) is 46.0 Å². The van der Waals surface area contributed by atoms with Gasteiger partial charge in [0.05, 0.1) is 5.41 Å². The van der Waals surface area contributed by atoms with E-state index in [4.69, 9.17) is 9.47 Å². The highest BCUT2D eigenvalue weighted by atomic mass is 16.5. The number of carbonyl (C=O) groups excluding carboxylic acids is 2. The van der Waals surface area contributed by atoms with Gasteiger partial charge in [0, 0.05) is 13.8 Å². The van der Waals surface area contributed by atoms with Crippen molar-refractivity contribution in [1.82, 2.24) is 0 Å². The molecule has 2 aliphatic carbocycles. The smallest absolute Gasteiger partial charge is 0.308 e. The second-order valence-corrected chi connectivity index (χ2v) is 5.89. The number of unbranched alkanes of at least 4 members (excludes halogenated alkanes) is 1. The molecule has 0 heterocycles. The molecular formula is C18H22O4. The highest BCUT2D eigenvalue weighted by molar-refractivity contribution is 5.68. The summed E-state index contributed by atoms with van der Waals surface area (Å²) in [5.41, 5.74) is -0.233. The van der Waals surface area contributed by atoms with Crippen LogP contribution in [0.4, 0.5) is 0 Å². The first-order valence-corrected chi connectivity index (χ1v) is 7.68. The lowest BCUT2D eigenvalue weighted by Crippen LogP contribution is -2.23. The first-order chi connectivity index (χ1) is 10.5. The maximum atomic E-state index is 11.2. The second kappa shape index (κ2) is 6.83. The highest BCUT2D eigenvalue weighted by Crippen LogP contribution is 2.64. The first-order valence-electron chi connectivity index (χ1n) is 7.68. The molecule has 0 saturated heterocycles. The monoisotopic (exact) mass is 302 g/mol. The lowest BCUT2D eigenvalue weighted by atomic mass is 10.0. The Hall–Kier alpha value is -2.02. The van der Waals surface area contributed by atoms with Crippen molar-refractivity contribution >= 4 is 11.9 Å². The van der Waals surface area contributed by atoms with Crippen molar-refractivity contribution in [1.29, 1.82) is 0 Å². The lowest BCUT2D eigenvalue weighted by molar-refractivity contribution is -0.148. The van der Waals surface area contributed by atoms with E-state index >= 15 is 0 Å². The summed E-state index contributed by atoms with van der Waals surface area (Å²) >= 11 is 0. The average Bonchev–Trinajstić information content (AvgIpc) is 3.06. The SMILES string of the molecule is C=CCC/C=C(/C#CC12CC1CCC2OC(C)=O)OC(C)=O. The van der Waals surface area contributed by atoms with Crippen molar-refractivity contribution in [2.24, 2.45) is 11.3 Å². The zero-order valence-corrected chi connectivity index (χ0v) is 13.2. The summed E-state index contributed by atoms with van der Waals surface area (Å²) in [6.45, 7) is 6.45. The van der Waals surface area contributed by atoms with Crippen molar-refractivity contribution in [2.45, 2.75) is 52.1 Å². The summed E-state index contributed by atoms with van der Waals surface area (Å²) in [4.78, 5) is 22.4. The van der Waals surface area contributed by atoms with Gasteiger partial charge in [0.2, 0.25) is 0 Å². The van der Waals surface area contributed by atoms with Crippen molar-refractivity contribution in [3.8, 4) is 11.8 Å². The molecular weight excluding hydrogens is 280 g/mol. The minimum atomic E-state index is -0.382. The van der Waals surface area contributed by atoms with Crippen LogP contribution >= 0.6 is 0 Å². The Morgan fingerprint density at radius 3 is 2.64 bits per heavy atom. The fourth-order valence-electron chi connectivity index (χ4n) is 3.09. The number of ether oxygens (including phenoxy) is 2. The number of fused-ring (bicyclic) bond motifs is 1. The predicted molar refractivity (Wildman–Crippen MR) is 82.4 cm³/mol. The Morgan fingerprint density at radius 1 is 1.27 bits per heavy atom. The molecule has 0 spiro atoms. The zero-order valence-electron chi connectivity index (χ0n) is 13.2. The summed E-state index contributed by atoms with van der Waals surface area (Å²) in [6, 6.07) is 0. The Kier molecular flexibility index (Phi) is 5.07. The van der Waals surface area contributed by atoms with Crippen LogP contribution in [0, 0.1) is 23.2 Å². The fourth-order valence-corrected chi connectivity index (χ4v) is 3.09. The van der Waals surface area contributed by atoms with E-state index < -0.39 is 0 Å². The molecule has 0 aromatic heterocycles. The van der Waals surface area contributed by atoms with Gasteiger partial charge in [-0.15, -0.1) is 6.58 Å². The van der Waals surface area contributed by atoms with Crippen LogP contribution in [0.25, 0.3) is 0 Å². The molecule has 0 aromatic rings. The van der Waals surface area contributed by atoms with Gasteiger partial charge in [-0.05, 0) is 50.0 Å². The van der Waals surface area contributed by atoms with E-state index in [1.54, 1.807) is 12.2 Å². The molecule has 0 radical (unpaired) electrons. The summed E-state index contributed by atoms with van der Waals surface area (Å²) < 4.78 is 10.5. The number of carbonyl (C=O) groups is 2. The van der Waals surface area contributed by atoms with Gasteiger partial charge >= 0.3 is 11.9 Å². The molecule has 0 aliphatic heterocycles. The molecule has 2 aliphatic rings. The number of rotatable bonds is 5. The standard InChI is InChI=1S/C18H22O4/c1-4-5-6-7-16(21-13(2)19)10-11-18-12-15(18)8-9-17(18)22-14(3)20/h4,7,15,17H,1,5-6,8-9,12H2,2-3H3/b16-7-. The molecule has 2 fully saturated rings. The minimum absolute atomic E-state index is 0.130. The van der Waals surface area contributed by atoms with Gasteiger partial charge in [0.1, 0.15) is 6.10 Å². The van der Waals surface area contributed by atoms with Gasteiger partial charge in [-0.1, -0.05) is 12.0 Å². The van der Waals surface area contributed by atoms with Crippen molar-refractivity contribution in [2.75, 3.05) is 0 Å². The van der Waals surface area contributed by atoms with Crippen LogP contribution in [0.3, 0.4) is 0 Å². The van der Waals surface area contributed by atoms with E-state index in [1.165, 1.54) is 13.8 Å².